The molecule has 14 heavy (non-hydrogen) atoms. The van der Waals surface area contributed by atoms with Gasteiger partial charge in [0.05, 0.1) is 6.04 Å². The molecule has 2 aromatic rings. The molecular weight excluding hydrogens is 182 g/mol. The van der Waals surface area contributed by atoms with Gasteiger partial charge in [-0.2, -0.15) is 4.98 Å². The zero-order valence-electron chi connectivity index (χ0n) is 7.60. The van der Waals surface area contributed by atoms with E-state index in [0.29, 0.717) is 11.0 Å². The van der Waals surface area contributed by atoms with Crippen LogP contribution in [-0.2, 0) is 0 Å². The fraction of sp³-hybridized carbons (Fsp3) is 0.222. The second-order valence-corrected chi connectivity index (χ2v) is 3.00. The maximum Gasteiger partial charge on any atom is 0.348 e. The van der Waals surface area contributed by atoms with Crippen LogP contribution in [0.2, 0.25) is 0 Å². The average molecular weight is 191 g/mol. The van der Waals surface area contributed by atoms with Crippen LogP contribution in [0.3, 0.4) is 0 Å². The van der Waals surface area contributed by atoms with E-state index in [1.165, 1.54) is 0 Å². The van der Waals surface area contributed by atoms with Crippen LogP contribution in [0.5, 0.6) is 0 Å². The first-order chi connectivity index (χ1) is 6.68. The lowest BCUT2D eigenvalue weighted by molar-refractivity contribution is 0.418. The molecule has 0 fully saturated rings. The maximum absolute atomic E-state index is 11.4. The van der Waals surface area contributed by atoms with E-state index in [-0.39, 0.29) is 5.89 Å². The third-order valence-corrected chi connectivity index (χ3v) is 1.81. The van der Waals surface area contributed by atoms with Crippen LogP contribution in [0, 0.1) is 0 Å². The number of rotatable bonds is 1. The average Bonchev–Trinajstić information content (AvgIpc) is 2.17. The van der Waals surface area contributed by atoms with Gasteiger partial charge in [0.2, 0.25) is 5.89 Å². The van der Waals surface area contributed by atoms with Crippen LogP contribution in [-0.4, -0.2) is 9.97 Å². The highest BCUT2D eigenvalue weighted by Crippen LogP contribution is 2.08. The Kier molecular flexibility index (Phi) is 2.01. The largest absolute Gasteiger partial charge is 0.406 e. The zero-order chi connectivity index (χ0) is 10.1. The number of fused-ring (bicyclic) bond motifs is 1. The zero-order valence-corrected chi connectivity index (χ0v) is 7.60. The third kappa shape index (κ3) is 1.38. The Hall–Kier alpha value is -1.75. The van der Waals surface area contributed by atoms with Crippen molar-refractivity contribution in [3.8, 4) is 0 Å². The molecule has 1 atom stereocenters. The van der Waals surface area contributed by atoms with Gasteiger partial charge in [-0.05, 0) is 19.1 Å². The molecule has 5 heteroatoms. The Balaban J connectivity index is 2.79. The highest BCUT2D eigenvalue weighted by molar-refractivity contribution is 5.72. The van der Waals surface area contributed by atoms with Gasteiger partial charge in [-0.25, -0.2) is 9.78 Å². The lowest BCUT2D eigenvalue weighted by Gasteiger charge is -2.02. The lowest BCUT2D eigenvalue weighted by atomic mass is 10.3. The number of nitrogens with two attached hydrogens (primary N) is 1. The molecule has 72 valence electrons. The van der Waals surface area contributed by atoms with Gasteiger partial charge in [-0.3, -0.25) is 0 Å². The molecule has 0 spiro atoms. The molecule has 0 bridgehead atoms. The van der Waals surface area contributed by atoms with Gasteiger partial charge in [0.15, 0.2) is 5.65 Å². The molecule has 0 unspecified atom stereocenters. The van der Waals surface area contributed by atoms with Crippen LogP contribution >= 0.6 is 0 Å². The van der Waals surface area contributed by atoms with E-state index in [0.717, 1.165) is 0 Å². The van der Waals surface area contributed by atoms with E-state index >= 15 is 0 Å². The maximum atomic E-state index is 11.4. The summed E-state index contributed by atoms with van der Waals surface area (Å²) < 4.78 is 4.92. The summed E-state index contributed by atoms with van der Waals surface area (Å²) in [6, 6.07) is 2.87. The minimum atomic E-state index is -0.449. The second kappa shape index (κ2) is 3.19. The van der Waals surface area contributed by atoms with E-state index in [4.69, 9.17) is 10.2 Å². The first-order valence-corrected chi connectivity index (χ1v) is 4.20. The number of hydrogen-bond donors (Lipinski definition) is 1. The molecule has 0 aromatic carbocycles. The molecule has 0 saturated carbocycles. The highest BCUT2D eigenvalue weighted by Gasteiger charge is 2.09. The topological polar surface area (TPSA) is 82.0 Å². The third-order valence-electron chi connectivity index (χ3n) is 1.81. The van der Waals surface area contributed by atoms with Crippen LogP contribution in [0.4, 0.5) is 0 Å². The van der Waals surface area contributed by atoms with Crippen molar-refractivity contribution in [2.24, 2.45) is 5.73 Å². The van der Waals surface area contributed by atoms with Gasteiger partial charge in [0, 0.05) is 6.20 Å². The first-order valence-electron chi connectivity index (χ1n) is 4.20. The fourth-order valence-corrected chi connectivity index (χ4v) is 1.12. The molecule has 0 aliphatic rings. The van der Waals surface area contributed by atoms with E-state index in [1.807, 2.05) is 0 Å². The Morgan fingerprint density at radius 1 is 1.57 bits per heavy atom. The highest BCUT2D eigenvalue weighted by atomic mass is 16.4. The van der Waals surface area contributed by atoms with E-state index in [9.17, 15) is 4.79 Å². The molecule has 0 aliphatic heterocycles. The summed E-state index contributed by atoms with van der Waals surface area (Å²) in [4.78, 5) is 19.4. The molecule has 5 nitrogen and oxygen atoms in total. The van der Waals surface area contributed by atoms with Gasteiger partial charge >= 0.3 is 5.63 Å². The van der Waals surface area contributed by atoms with Gasteiger partial charge in [-0.15, -0.1) is 0 Å². The van der Waals surface area contributed by atoms with Crippen molar-refractivity contribution < 1.29 is 4.42 Å². The monoisotopic (exact) mass is 191 g/mol. The summed E-state index contributed by atoms with van der Waals surface area (Å²) in [6.07, 6.45) is 1.57. The molecule has 2 N–H and O–H groups in total. The van der Waals surface area contributed by atoms with Crippen molar-refractivity contribution in [3.63, 3.8) is 0 Å². The van der Waals surface area contributed by atoms with Gasteiger partial charge in [-0.1, -0.05) is 0 Å². The predicted molar refractivity (Wildman–Crippen MR) is 50.7 cm³/mol. The summed E-state index contributed by atoms with van der Waals surface area (Å²) in [5.74, 6) is 0.209. The number of pyridine rings is 1. The van der Waals surface area contributed by atoms with E-state index < -0.39 is 11.7 Å². The van der Waals surface area contributed by atoms with Crippen molar-refractivity contribution in [2.75, 3.05) is 0 Å². The Morgan fingerprint density at radius 2 is 2.36 bits per heavy atom. The van der Waals surface area contributed by atoms with Crippen molar-refractivity contribution in [1.29, 1.82) is 0 Å². The minimum absolute atomic E-state index is 0.209. The van der Waals surface area contributed by atoms with Crippen LogP contribution in [0.15, 0.2) is 27.5 Å². The summed E-state index contributed by atoms with van der Waals surface area (Å²) in [6.45, 7) is 1.69. The van der Waals surface area contributed by atoms with Crippen molar-refractivity contribution in [3.05, 3.63) is 34.6 Å². The number of nitrogens with zero attached hydrogens (tertiary/aromatic N) is 2. The first kappa shape index (κ1) is 8.83. The normalized spacial score (nSPS) is 13.0. The summed E-state index contributed by atoms with van der Waals surface area (Å²) >= 11 is 0. The summed E-state index contributed by atoms with van der Waals surface area (Å²) in [5.41, 5.74) is 5.47. The van der Waals surface area contributed by atoms with Crippen molar-refractivity contribution in [1.82, 2.24) is 9.97 Å². The number of hydrogen-bond acceptors (Lipinski definition) is 5. The molecule has 0 saturated heterocycles. The molecule has 0 radical (unpaired) electrons. The van der Waals surface area contributed by atoms with Gasteiger partial charge in [0.1, 0.15) is 5.39 Å². The SMILES string of the molecule is C[C@@H](N)c1nc2ncccc2c(=O)o1. The van der Waals surface area contributed by atoms with Crippen molar-refractivity contribution >= 4 is 11.0 Å². The predicted octanol–water partition coefficient (Wildman–Crippen LogP) is 0.603. The Bertz CT molecular complexity index is 519. The fourth-order valence-electron chi connectivity index (χ4n) is 1.12. The standard InChI is InChI=1S/C9H9N3O2/c1-5(10)8-12-7-6(9(13)14-8)3-2-4-11-7/h2-5H,10H2,1H3/t5-/m1/s1. The summed E-state index contributed by atoms with van der Waals surface area (Å²) in [5, 5.41) is 0.372. The van der Waals surface area contributed by atoms with Crippen molar-refractivity contribution in [2.45, 2.75) is 13.0 Å². The smallest absolute Gasteiger partial charge is 0.348 e. The van der Waals surface area contributed by atoms with Crippen LogP contribution < -0.4 is 11.4 Å². The molecule has 2 aromatic heterocycles. The van der Waals surface area contributed by atoms with E-state index in [1.54, 1.807) is 25.3 Å². The van der Waals surface area contributed by atoms with E-state index in [2.05, 4.69) is 9.97 Å². The van der Waals surface area contributed by atoms with Crippen LogP contribution in [0.25, 0.3) is 11.0 Å². The quantitative estimate of drug-likeness (QED) is 0.713. The van der Waals surface area contributed by atoms with Crippen LogP contribution in [0.1, 0.15) is 18.9 Å². The van der Waals surface area contributed by atoms with Gasteiger partial charge in [0.25, 0.3) is 0 Å². The minimum Gasteiger partial charge on any atom is -0.406 e. The summed E-state index contributed by atoms with van der Waals surface area (Å²) in [7, 11) is 0. The molecular formula is C9H9N3O2. The van der Waals surface area contributed by atoms with Gasteiger partial charge < -0.3 is 10.2 Å². The lowest BCUT2D eigenvalue weighted by Crippen LogP contribution is -2.13. The Labute approximate surface area is 79.6 Å². The molecule has 0 aliphatic carbocycles. The molecule has 2 rings (SSSR count). The number of aromatic nitrogens is 2. The molecule has 2 heterocycles. The second-order valence-electron chi connectivity index (χ2n) is 3.00. The Morgan fingerprint density at radius 3 is 3.07 bits per heavy atom. The molecule has 0 amide bonds.